The Labute approximate surface area is 143 Å². The predicted octanol–water partition coefficient (Wildman–Crippen LogP) is 2.65. The van der Waals surface area contributed by atoms with Crippen LogP contribution in [0.4, 0.5) is 0 Å². The Morgan fingerprint density at radius 3 is 2.71 bits per heavy atom. The molecule has 3 fully saturated rings. The summed E-state index contributed by atoms with van der Waals surface area (Å²) < 4.78 is 11.6. The van der Waals surface area contributed by atoms with Crippen molar-refractivity contribution in [2.24, 2.45) is 17.8 Å². The third kappa shape index (κ3) is 2.53. The number of hydrogen-bond acceptors (Lipinski definition) is 4. The average Bonchev–Trinajstić information content (AvgIpc) is 3.11. The summed E-state index contributed by atoms with van der Waals surface area (Å²) in [5.41, 5.74) is 3.21. The molecule has 130 valence electrons. The Kier molecular flexibility index (Phi) is 4.04. The number of ether oxygens (including phenoxy) is 2. The molecule has 1 saturated heterocycles. The van der Waals surface area contributed by atoms with Crippen LogP contribution in [0.3, 0.4) is 0 Å². The summed E-state index contributed by atoms with van der Waals surface area (Å²) in [6.07, 6.45) is 4.39. The number of hydrogen-bond donors (Lipinski definition) is 2. The second kappa shape index (κ2) is 5.95. The molecule has 0 radical (unpaired) electrons. The molecule has 4 nitrogen and oxygen atoms in total. The normalized spacial score (nSPS) is 35.3. The molecule has 0 bridgehead atoms. The third-order valence-electron chi connectivity index (χ3n) is 6.07. The Morgan fingerprint density at radius 2 is 2.00 bits per heavy atom. The van der Waals surface area contributed by atoms with E-state index in [4.69, 9.17) is 9.47 Å². The molecule has 5 atom stereocenters. The minimum atomic E-state index is -0.634. The summed E-state index contributed by atoms with van der Waals surface area (Å²) >= 11 is 0. The van der Waals surface area contributed by atoms with Crippen LogP contribution < -0.4 is 0 Å². The van der Waals surface area contributed by atoms with Crippen molar-refractivity contribution in [1.29, 1.82) is 0 Å². The van der Waals surface area contributed by atoms with E-state index < -0.39 is 11.9 Å². The van der Waals surface area contributed by atoms with Crippen molar-refractivity contribution in [3.05, 3.63) is 47.0 Å². The van der Waals surface area contributed by atoms with Crippen molar-refractivity contribution in [2.75, 3.05) is 13.2 Å². The number of aliphatic hydroxyl groups excluding tert-OH is 2. The van der Waals surface area contributed by atoms with E-state index in [0.29, 0.717) is 19.1 Å². The number of benzene rings is 1. The van der Waals surface area contributed by atoms with E-state index in [9.17, 15) is 10.2 Å². The first-order valence-electron chi connectivity index (χ1n) is 8.90. The van der Waals surface area contributed by atoms with Crippen LogP contribution in [0.15, 0.2) is 30.4 Å². The van der Waals surface area contributed by atoms with Gasteiger partial charge >= 0.3 is 0 Å². The van der Waals surface area contributed by atoms with Crippen LogP contribution in [0, 0.1) is 31.6 Å². The number of rotatable bonds is 3. The van der Waals surface area contributed by atoms with Gasteiger partial charge in [0.15, 0.2) is 5.79 Å². The molecule has 2 aliphatic carbocycles. The highest BCUT2D eigenvalue weighted by atomic mass is 16.7. The van der Waals surface area contributed by atoms with E-state index in [0.717, 1.165) is 24.0 Å². The molecule has 4 heteroatoms. The number of aryl methyl sites for hydroxylation is 2. The quantitative estimate of drug-likeness (QED) is 0.837. The van der Waals surface area contributed by atoms with Crippen LogP contribution in [-0.2, 0) is 9.47 Å². The maximum atomic E-state index is 10.5. The maximum Gasteiger partial charge on any atom is 0.171 e. The Morgan fingerprint density at radius 1 is 1.25 bits per heavy atom. The predicted molar refractivity (Wildman–Crippen MR) is 90.4 cm³/mol. The second-order valence-corrected chi connectivity index (χ2v) is 7.55. The van der Waals surface area contributed by atoms with Crippen molar-refractivity contribution in [2.45, 2.75) is 44.7 Å². The van der Waals surface area contributed by atoms with Gasteiger partial charge in [0.05, 0.1) is 25.4 Å². The highest BCUT2D eigenvalue weighted by molar-refractivity contribution is 5.34. The summed E-state index contributed by atoms with van der Waals surface area (Å²) in [5, 5.41) is 20.9. The molecular formula is C20H26O4. The Hall–Kier alpha value is -1.20. The van der Waals surface area contributed by atoms with Gasteiger partial charge in [-0.2, -0.15) is 0 Å². The number of aliphatic hydroxyl groups is 2. The molecule has 2 N–H and O–H groups in total. The molecule has 3 unspecified atom stereocenters. The highest BCUT2D eigenvalue weighted by Gasteiger charge is 2.64. The molecule has 1 spiro atoms. The Bertz CT molecular complexity index is 647. The lowest BCUT2D eigenvalue weighted by molar-refractivity contribution is -0.270. The van der Waals surface area contributed by atoms with Gasteiger partial charge in [-0.25, -0.2) is 0 Å². The zero-order chi connectivity index (χ0) is 16.9. The van der Waals surface area contributed by atoms with Crippen molar-refractivity contribution in [3.63, 3.8) is 0 Å². The lowest BCUT2D eigenvalue weighted by Gasteiger charge is -2.49. The molecule has 0 amide bonds. The molecular weight excluding hydrogens is 304 g/mol. The molecule has 0 aromatic heterocycles. The van der Waals surface area contributed by atoms with Crippen LogP contribution in [-0.4, -0.2) is 35.3 Å². The van der Waals surface area contributed by atoms with Gasteiger partial charge < -0.3 is 19.7 Å². The fraction of sp³-hybridized carbons (Fsp3) is 0.600. The average molecular weight is 330 g/mol. The highest BCUT2D eigenvalue weighted by Crippen LogP contribution is 2.60. The van der Waals surface area contributed by atoms with E-state index in [1.807, 2.05) is 38.1 Å². The van der Waals surface area contributed by atoms with Crippen LogP contribution >= 0.6 is 0 Å². The van der Waals surface area contributed by atoms with Gasteiger partial charge in [-0.3, -0.25) is 0 Å². The summed E-state index contributed by atoms with van der Waals surface area (Å²) in [5.74, 6) is 0.317. The van der Waals surface area contributed by atoms with Gasteiger partial charge in [0.2, 0.25) is 0 Å². The molecule has 1 heterocycles. The minimum Gasteiger partial charge on any atom is -0.392 e. The van der Waals surface area contributed by atoms with Gasteiger partial charge in [-0.05, 0) is 37.3 Å². The van der Waals surface area contributed by atoms with Crippen LogP contribution in [0.1, 0.15) is 35.6 Å². The molecule has 2 saturated carbocycles. The van der Waals surface area contributed by atoms with Crippen LogP contribution in [0.25, 0.3) is 0 Å². The van der Waals surface area contributed by atoms with E-state index in [2.05, 4.69) is 6.07 Å². The van der Waals surface area contributed by atoms with E-state index in [1.54, 1.807) is 0 Å². The van der Waals surface area contributed by atoms with Gasteiger partial charge in [-0.15, -0.1) is 0 Å². The fourth-order valence-electron chi connectivity index (χ4n) is 4.82. The van der Waals surface area contributed by atoms with Crippen molar-refractivity contribution >= 4 is 0 Å². The molecule has 1 aromatic carbocycles. The largest absolute Gasteiger partial charge is 0.392 e. The van der Waals surface area contributed by atoms with Gasteiger partial charge in [0.1, 0.15) is 0 Å². The van der Waals surface area contributed by atoms with Crippen molar-refractivity contribution < 1.29 is 19.7 Å². The third-order valence-corrected chi connectivity index (χ3v) is 6.07. The standard InChI is InChI=1S/C20H26O4/c1-12-3-4-14(13(2)9-12)18(21)6-5-15-16-11-20(23-7-8-24-20)17(16)10-19(15)22/h3-6,9,15-19,21-22H,7-8,10-11H2,1-2H3/t15?,16-,17-,18?,19?/m0/s1. The lowest BCUT2D eigenvalue weighted by Crippen LogP contribution is -2.53. The fourth-order valence-corrected chi connectivity index (χ4v) is 4.82. The SMILES string of the molecule is Cc1ccc(C(O)C=CC2C(O)C[C@H]3[C@H]2CC32OCCO2)c(C)c1. The lowest BCUT2D eigenvalue weighted by atomic mass is 9.67. The first-order valence-corrected chi connectivity index (χ1v) is 8.90. The summed E-state index contributed by atoms with van der Waals surface area (Å²) in [6.45, 7) is 5.38. The van der Waals surface area contributed by atoms with Gasteiger partial charge in [0, 0.05) is 18.3 Å². The number of fused-ring (bicyclic) bond motifs is 2. The first kappa shape index (κ1) is 16.3. The molecule has 3 aliphatic rings. The molecule has 4 rings (SSSR count). The van der Waals surface area contributed by atoms with Crippen LogP contribution in [0.5, 0.6) is 0 Å². The molecule has 1 aromatic rings. The topological polar surface area (TPSA) is 58.9 Å². The molecule has 1 aliphatic heterocycles. The monoisotopic (exact) mass is 330 g/mol. The molecule has 24 heavy (non-hydrogen) atoms. The van der Waals surface area contributed by atoms with Crippen molar-refractivity contribution in [3.8, 4) is 0 Å². The van der Waals surface area contributed by atoms with E-state index in [1.165, 1.54) is 5.56 Å². The van der Waals surface area contributed by atoms with E-state index >= 15 is 0 Å². The zero-order valence-corrected chi connectivity index (χ0v) is 14.3. The second-order valence-electron chi connectivity index (χ2n) is 7.55. The smallest absolute Gasteiger partial charge is 0.171 e. The van der Waals surface area contributed by atoms with E-state index in [-0.39, 0.29) is 17.9 Å². The summed E-state index contributed by atoms with van der Waals surface area (Å²) in [6, 6.07) is 6.08. The summed E-state index contributed by atoms with van der Waals surface area (Å²) in [7, 11) is 0. The van der Waals surface area contributed by atoms with Crippen LogP contribution in [0.2, 0.25) is 0 Å². The van der Waals surface area contributed by atoms with Crippen molar-refractivity contribution in [1.82, 2.24) is 0 Å². The zero-order valence-electron chi connectivity index (χ0n) is 14.3. The Balaban J connectivity index is 1.46. The summed E-state index contributed by atoms with van der Waals surface area (Å²) in [4.78, 5) is 0. The first-order chi connectivity index (χ1) is 11.5. The van der Waals surface area contributed by atoms with Gasteiger partial charge in [0.25, 0.3) is 0 Å². The minimum absolute atomic E-state index is 0.0776. The maximum absolute atomic E-state index is 10.5. The van der Waals surface area contributed by atoms with Gasteiger partial charge in [-0.1, -0.05) is 35.9 Å².